The molecule has 158 valence electrons. The number of amides is 1. The van der Waals surface area contributed by atoms with E-state index in [9.17, 15) is 13.2 Å². The second kappa shape index (κ2) is 9.84. The smallest absolute Gasteiger partial charge is 0.262 e. The van der Waals surface area contributed by atoms with Crippen LogP contribution in [0.1, 0.15) is 34.5 Å². The molecule has 0 spiro atoms. The van der Waals surface area contributed by atoms with Crippen LogP contribution in [0.2, 0.25) is 0 Å². The first kappa shape index (κ1) is 22.0. The van der Waals surface area contributed by atoms with Gasteiger partial charge in [-0.25, -0.2) is 8.42 Å². The van der Waals surface area contributed by atoms with E-state index in [2.05, 4.69) is 22.3 Å². The van der Waals surface area contributed by atoms with Crippen molar-refractivity contribution in [3.8, 4) is 0 Å². The second-order valence-corrected chi connectivity index (χ2v) is 10.4. The number of nitrogens with one attached hydrogen (secondary N) is 1. The maximum Gasteiger partial charge on any atom is 0.262 e. The number of rotatable bonds is 8. The molecule has 0 saturated carbocycles. The summed E-state index contributed by atoms with van der Waals surface area (Å²) in [6.07, 6.45) is 3.59. The Morgan fingerprint density at radius 1 is 1.14 bits per heavy atom. The van der Waals surface area contributed by atoms with Gasteiger partial charge in [0.05, 0.1) is 0 Å². The van der Waals surface area contributed by atoms with Crippen LogP contribution >= 0.6 is 11.3 Å². The highest BCUT2D eigenvalue weighted by molar-refractivity contribution is 7.89. The molecule has 8 heteroatoms. The third-order valence-electron chi connectivity index (χ3n) is 5.31. The number of carbonyl (C=O) groups is 1. The topological polar surface area (TPSA) is 69.7 Å². The fraction of sp³-hybridized carbons (Fsp3) is 0.476. The number of sulfonamides is 1. The number of hydrogen-bond acceptors (Lipinski definition) is 5. The number of hydrogen-bond donors (Lipinski definition) is 1. The van der Waals surface area contributed by atoms with Crippen molar-refractivity contribution in [2.75, 3.05) is 33.7 Å². The Balaban J connectivity index is 1.69. The molecule has 1 aromatic heterocycles. The minimum Gasteiger partial charge on any atom is -0.350 e. The Morgan fingerprint density at radius 3 is 2.48 bits per heavy atom. The van der Waals surface area contributed by atoms with Crippen LogP contribution in [-0.4, -0.2) is 63.3 Å². The first-order valence-corrected chi connectivity index (χ1v) is 12.3. The zero-order valence-electron chi connectivity index (χ0n) is 17.0. The SMILES string of the molecule is CN(C)C(CNC(=O)c1sccc1S(=O)(=O)N1CCCCC1)Cc1ccccc1. The van der Waals surface area contributed by atoms with Gasteiger partial charge in [0.1, 0.15) is 9.77 Å². The maximum atomic E-state index is 13.0. The lowest BCUT2D eigenvalue weighted by atomic mass is 10.1. The van der Waals surface area contributed by atoms with Crippen LogP contribution in [0.4, 0.5) is 0 Å². The van der Waals surface area contributed by atoms with Gasteiger partial charge in [-0.15, -0.1) is 11.3 Å². The van der Waals surface area contributed by atoms with Crippen LogP contribution < -0.4 is 5.32 Å². The molecule has 1 unspecified atom stereocenters. The van der Waals surface area contributed by atoms with E-state index in [-0.39, 0.29) is 21.7 Å². The van der Waals surface area contributed by atoms with Gasteiger partial charge in [-0.2, -0.15) is 4.31 Å². The highest BCUT2D eigenvalue weighted by Crippen LogP contribution is 2.27. The molecule has 1 atom stereocenters. The van der Waals surface area contributed by atoms with Crippen molar-refractivity contribution < 1.29 is 13.2 Å². The Bertz CT molecular complexity index is 904. The summed E-state index contributed by atoms with van der Waals surface area (Å²) in [6.45, 7) is 1.50. The van der Waals surface area contributed by atoms with E-state index in [1.54, 1.807) is 11.4 Å². The van der Waals surface area contributed by atoms with Gasteiger partial charge in [0.2, 0.25) is 10.0 Å². The molecule has 1 amide bonds. The van der Waals surface area contributed by atoms with E-state index in [4.69, 9.17) is 0 Å². The number of benzene rings is 1. The zero-order valence-corrected chi connectivity index (χ0v) is 18.6. The summed E-state index contributed by atoms with van der Waals surface area (Å²) in [6, 6.07) is 11.8. The van der Waals surface area contributed by atoms with Crippen LogP contribution in [0.3, 0.4) is 0 Å². The summed E-state index contributed by atoms with van der Waals surface area (Å²) in [5.74, 6) is -0.324. The minimum atomic E-state index is -3.63. The molecule has 1 aliphatic heterocycles. The number of carbonyl (C=O) groups excluding carboxylic acids is 1. The first-order chi connectivity index (χ1) is 13.9. The van der Waals surface area contributed by atoms with Crippen molar-refractivity contribution >= 4 is 27.3 Å². The van der Waals surface area contributed by atoms with E-state index in [0.717, 1.165) is 25.7 Å². The van der Waals surface area contributed by atoms with E-state index in [0.29, 0.717) is 19.6 Å². The molecule has 1 saturated heterocycles. The van der Waals surface area contributed by atoms with Gasteiger partial charge in [0.15, 0.2) is 0 Å². The Morgan fingerprint density at radius 2 is 1.83 bits per heavy atom. The van der Waals surface area contributed by atoms with Gasteiger partial charge in [-0.1, -0.05) is 36.8 Å². The highest BCUT2D eigenvalue weighted by Gasteiger charge is 2.31. The summed E-state index contributed by atoms with van der Waals surface area (Å²) in [5, 5.41) is 4.63. The van der Waals surface area contributed by atoms with E-state index >= 15 is 0 Å². The van der Waals surface area contributed by atoms with Gasteiger partial charge in [0.25, 0.3) is 5.91 Å². The summed E-state index contributed by atoms with van der Waals surface area (Å²) >= 11 is 1.18. The second-order valence-electron chi connectivity index (χ2n) is 7.60. The van der Waals surface area contributed by atoms with Crippen LogP contribution in [0.25, 0.3) is 0 Å². The quantitative estimate of drug-likeness (QED) is 0.692. The molecule has 1 aromatic carbocycles. The van der Waals surface area contributed by atoms with Crippen LogP contribution in [-0.2, 0) is 16.4 Å². The standard InChI is InChI=1S/C21H29N3O3S2/c1-23(2)18(15-17-9-5-3-6-10-17)16-22-21(25)20-19(11-14-28-20)29(26,27)24-12-7-4-8-13-24/h3,5-6,9-11,14,18H,4,7-8,12-13,15-16H2,1-2H3,(H,22,25). The third kappa shape index (κ3) is 5.45. The third-order valence-corrected chi connectivity index (χ3v) is 8.29. The lowest BCUT2D eigenvalue weighted by Gasteiger charge is -2.26. The number of piperidine rings is 1. The fourth-order valence-corrected chi connectivity index (χ4v) is 6.36. The predicted molar refractivity (Wildman–Crippen MR) is 117 cm³/mol. The van der Waals surface area contributed by atoms with E-state index in [1.807, 2.05) is 32.3 Å². The number of thiophene rings is 1. The normalized spacial score (nSPS) is 16.7. The Labute approximate surface area is 177 Å². The van der Waals surface area contributed by atoms with Gasteiger partial charge in [-0.3, -0.25) is 4.79 Å². The van der Waals surface area contributed by atoms with Crippen molar-refractivity contribution in [2.45, 2.75) is 36.6 Å². The molecular formula is C21H29N3O3S2. The highest BCUT2D eigenvalue weighted by atomic mass is 32.2. The van der Waals surface area contributed by atoms with Crippen LogP contribution in [0.15, 0.2) is 46.7 Å². The predicted octanol–water partition coefficient (Wildman–Crippen LogP) is 2.83. The van der Waals surface area contributed by atoms with Crippen molar-refractivity contribution in [3.63, 3.8) is 0 Å². The zero-order chi connectivity index (χ0) is 20.9. The molecule has 1 aliphatic rings. The summed E-state index contributed by atoms with van der Waals surface area (Å²) in [7, 11) is 0.341. The average Bonchev–Trinajstić information content (AvgIpc) is 3.23. The largest absolute Gasteiger partial charge is 0.350 e. The molecule has 29 heavy (non-hydrogen) atoms. The Kier molecular flexibility index (Phi) is 7.45. The molecule has 2 aromatic rings. The van der Waals surface area contributed by atoms with Crippen molar-refractivity contribution in [1.29, 1.82) is 0 Å². The summed E-state index contributed by atoms with van der Waals surface area (Å²) in [4.78, 5) is 15.3. The minimum absolute atomic E-state index is 0.114. The number of likely N-dealkylation sites (N-methyl/N-ethyl adjacent to an activating group) is 1. The lowest BCUT2D eigenvalue weighted by Crippen LogP contribution is -2.42. The Hall–Kier alpha value is -1.74. The molecule has 0 aliphatic carbocycles. The van der Waals surface area contributed by atoms with Gasteiger partial charge in [0, 0.05) is 25.7 Å². The van der Waals surface area contributed by atoms with Crippen molar-refractivity contribution in [1.82, 2.24) is 14.5 Å². The van der Waals surface area contributed by atoms with Crippen LogP contribution in [0, 0.1) is 0 Å². The summed E-state index contributed by atoms with van der Waals surface area (Å²) in [5.41, 5.74) is 1.20. The molecular weight excluding hydrogens is 406 g/mol. The van der Waals surface area contributed by atoms with E-state index < -0.39 is 10.0 Å². The maximum absolute atomic E-state index is 13.0. The van der Waals surface area contributed by atoms with Crippen molar-refractivity contribution in [3.05, 3.63) is 52.2 Å². The molecule has 1 N–H and O–H groups in total. The monoisotopic (exact) mass is 435 g/mol. The molecule has 0 bridgehead atoms. The molecule has 1 fully saturated rings. The molecule has 2 heterocycles. The average molecular weight is 436 g/mol. The van der Waals surface area contributed by atoms with Gasteiger partial charge < -0.3 is 10.2 Å². The summed E-state index contributed by atoms with van der Waals surface area (Å²) < 4.78 is 27.5. The van der Waals surface area contributed by atoms with E-state index in [1.165, 1.54) is 21.2 Å². The number of nitrogens with zero attached hydrogens (tertiary/aromatic N) is 2. The molecule has 3 rings (SSSR count). The molecule has 0 radical (unpaired) electrons. The van der Waals surface area contributed by atoms with Gasteiger partial charge in [-0.05, 0) is 50.4 Å². The van der Waals surface area contributed by atoms with Crippen molar-refractivity contribution in [2.24, 2.45) is 0 Å². The van der Waals surface area contributed by atoms with Gasteiger partial charge >= 0.3 is 0 Å². The first-order valence-electron chi connectivity index (χ1n) is 9.96. The van der Waals surface area contributed by atoms with Crippen LogP contribution in [0.5, 0.6) is 0 Å². The lowest BCUT2D eigenvalue weighted by molar-refractivity contribution is 0.0942. The fourth-order valence-electron chi connectivity index (χ4n) is 3.52. The molecule has 6 nitrogen and oxygen atoms in total.